The van der Waals surface area contributed by atoms with Crippen LogP contribution < -0.4 is 0 Å². The molecule has 0 unspecified atom stereocenters. The van der Waals surface area contributed by atoms with Crippen molar-refractivity contribution < 1.29 is 4.79 Å². The van der Waals surface area contributed by atoms with Crippen LogP contribution in [0.5, 0.6) is 0 Å². The molecular weight excluding hydrogens is 284 g/mol. The molecule has 1 saturated heterocycles. The molecule has 1 aliphatic rings. The van der Waals surface area contributed by atoms with E-state index in [-0.39, 0.29) is 5.91 Å². The molecule has 2 heterocycles. The molecule has 0 aromatic carbocycles. The van der Waals surface area contributed by atoms with Gasteiger partial charge in [0.2, 0.25) is 5.91 Å². The molecule has 0 radical (unpaired) electrons. The first-order chi connectivity index (χ1) is 10.1. The predicted molar refractivity (Wildman–Crippen MR) is 84.2 cm³/mol. The monoisotopic (exact) mass is 306 g/mol. The van der Waals surface area contributed by atoms with Crippen LogP contribution in [0.3, 0.4) is 0 Å². The van der Waals surface area contributed by atoms with E-state index in [1.807, 2.05) is 35.2 Å². The number of thioether (sulfide) groups is 1. The predicted octanol–water partition coefficient (Wildman–Crippen LogP) is 1.92. The van der Waals surface area contributed by atoms with Crippen molar-refractivity contribution in [2.45, 2.75) is 39.7 Å². The molecule has 6 heteroatoms. The first-order valence-corrected chi connectivity index (χ1v) is 8.54. The Morgan fingerprint density at radius 2 is 2.10 bits per heavy atom. The molecule has 114 valence electrons. The summed E-state index contributed by atoms with van der Waals surface area (Å²) in [5, 5.41) is 13.1. The Hall–Kier alpha value is -1.48. The molecule has 1 fully saturated rings. The number of carbonyl (C=O) groups is 1. The van der Waals surface area contributed by atoms with Crippen molar-refractivity contribution in [3.8, 4) is 6.07 Å². The maximum atomic E-state index is 12.2. The summed E-state index contributed by atoms with van der Waals surface area (Å²) in [6.45, 7) is 6.38. The van der Waals surface area contributed by atoms with E-state index in [1.165, 1.54) is 0 Å². The summed E-state index contributed by atoms with van der Waals surface area (Å²) in [4.78, 5) is 14.2. The average molecular weight is 306 g/mol. The quantitative estimate of drug-likeness (QED) is 0.834. The normalized spacial score (nSPS) is 15.0. The number of carbonyl (C=O) groups excluding carboxylic acids is 1. The summed E-state index contributed by atoms with van der Waals surface area (Å²) in [7, 11) is 0. The Bertz CT molecular complexity index is 541. The number of hydrogen-bond donors (Lipinski definition) is 0. The number of rotatable bonds is 5. The topological polar surface area (TPSA) is 61.9 Å². The van der Waals surface area contributed by atoms with E-state index in [0.29, 0.717) is 19.4 Å². The maximum absolute atomic E-state index is 12.2. The molecule has 1 amide bonds. The van der Waals surface area contributed by atoms with Gasteiger partial charge in [0.05, 0.1) is 24.7 Å². The molecule has 0 atom stereocenters. The van der Waals surface area contributed by atoms with Gasteiger partial charge < -0.3 is 4.90 Å². The zero-order chi connectivity index (χ0) is 15.2. The molecule has 0 N–H and O–H groups in total. The minimum atomic E-state index is 0.249. The van der Waals surface area contributed by atoms with Crippen LogP contribution in [0.15, 0.2) is 0 Å². The zero-order valence-electron chi connectivity index (χ0n) is 12.8. The van der Waals surface area contributed by atoms with E-state index in [0.717, 1.165) is 48.0 Å². The standard InChI is InChI=1S/C15H22N4OS/c1-12-14(13(2)19(17-12)7-3-6-16)4-5-15(20)18-8-10-21-11-9-18/h3-5,7-11H2,1-2H3. The summed E-state index contributed by atoms with van der Waals surface area (Å²) in [5.74, 6) is 2.35. The van der Waals surface area contributed by atoms with E-state index in [2.05, 4.69) is 11.2 Å². The largest absolute Gasteiger partial charge is 0.341 e. The second-order valence-corrected chi connectivity index (χ2v) is 6.50. The molecule has 0 aliphatic carbocycles. The molecule has 0 spiro atoms. The van der Waals surface area contributed by atoms with Gasteiger partial charge in [-0.1, -0.05) is 0 Å². The molecular formula is C15H22N4OS. The lowest BCUT2D eigenvalue weighted by molar-refractivity contribution is -0.130. The van der Waals surface area contributed by atoms with Crippen LogP contribution in [-0.2, 0) is 17.8 Å². The van der Waals surface area contributed by atoms with Gasteiger partial charge in [0.1, 0.15) is 0 Å². The van der Waals surface area contributed by atoms with Crippen LogP contribution in [0.4, 0.5) is 0 Å². The van der Waals surface area contributed by atoms with E-state index in [1.54, 1.807) is 0 Å². The highest BCUT2D eigenvalue weighted by Crippen LogP contribution is 2.17. The summed E-state index contributed by atoms with van der Waals surface area (Å²) in [5.41, 5.74) is 3.23. The van der Waals surface area contributed by atoms with E-state index in [9.17, 15) is 4.79 Å². The molecule has 5 nitrogen and oxygen atoms in total. The summed E-state index contributed by atoms with van der Waals surface area (Å²) in [6, 6.07) is 2.14. The summed E-state index contributed by atoms with van der Waals surface area (Å²) in [6.07, 6.45) is 1.76. The molecule has 1 aromatic heterocycles. The summed E-state index contributed by atoms with van der Waals surface area (Å²) < 4.78 is 1.88. The van der Waals surface area contributed by atoms with Gasteiger partial charge in [-0.25, -0.2) is 0 Å². The van der Waals surface area contributed by atoms with Gasteiger partial charge in [-0.15, -0.1) is 0 Å². The van der Waals surface area contributed by atoms with Crippen LogP contribution in [0.25, 0.3) is 0 Å². The van der Waals surface area contributed by atoms with E-state index >= 15 is 0 Å². The summed E-state index contributed by atoms with van der Waals surface area (Å²) >= 11 is 1.91. The van der Waals surface area contributed by atoms with Crippen molar-refractivity contribution in [3.05, 3.63) is 17.0 Å². The number of aromatic nitrogens is 2. The Kier molecular flexibility index (Phi) is 5.68. The smallest absolute Gasteiger partial charge is 0.222 e. The van der Waals surface area contributed by atoms with Crippen molar-refractivity contribution in [2.24, 2.45) is 0 Å². The number of hydrogen-bond acceptors (Lipinski definition) is 4. The molecule has 21 heavy (non-hydrogen) atoms. The van der Waals surface area contributed by atoms with Gasteiger partial charge in [-0.3, -0.25) is 9.48 Å². The molecule has 1 aliphatic heterocycles. The van der Waals surface area contributed by atoms with Crippen LogP contribution in [0.1, 0.15) is 29.8 Å². The molecule has 2 rings (SSSR count). The minimum absolute atomic E-state index is 0.249. The highest BCUT2D eigenvalue weighted by molar-refractivity contribution is 7.99. The second-order valence-electron chi connectivity index (χ2n) is 5.27. The first kappa shape index (κ1) is 15.9. The zero-order valence-corrected chi connectivity index (χ0v) is 13.6. The Labute approximate surface area is 130 Å². The van der Waals surface area contributed by atoms with Crippen LogP contribution >= 0.6 is 11.8 Å². The Balaban J connectivity index is 1.94. The fourth-order valence-corrected chi connectivity index (χ4v) is 3.58. The Morgan fingerprint density at radius 3 is 2.76 bits per heavy atom. The van der Waals surface area contributed by atoms with Gasteiger partial charge in [0.25, 0.3) is 0 Å². The lowest BCUT2D eigenvalue weighted by Crippen LogP contribution is -2.38. The molecule has 0 bridgehead atoms. The van der Waals surface area contributed by atoms with E-state index in [4.69, 9.17) is 5.26 Å². The third-order valence-electron chi connectivity index (χ3n) is 3.92. The first-order valence-electron chi connectivity index (χ1n) is 7.39. The fraction of sp³-hybridized carbons (Fsp3) is 0.667. The minimum Gasteiger partial charge on any atom is -0.341 e. The van der Waals surface area contributed by atoms with Gasteiger partial charge in [0, 0.05) is 36.7 Å². The third-order valence-corrected chi connectivity index (χ3v) is 4.86. The van der Waals surface area contributed by atoms with Gasteiger partial charge >= 0.3 is 0 Å². The van der Waals surface area contributed by atoms with Crippen molar-refractivity contribution in [2.75, 3.05) is 24.6 Å². The van der Waals surface area contributed by atoms with Crippen molar-refractivity contribution in [1.82, 2.24) is 14.7 Å². The Morgan fingerprint density at radius 1 is 1.38 bits per heavy atom. The highest BCUT2D eigenvalue weighted by Gasteiger charge is 2.18. The average Bonchev–Trinajstić information content (AvgIpc) is 2.78. The van der Waals surface area contributed by atoms with Gasteiger partial charge in [-0.2, -0.15) is 22.1 Å². The van der Waals surface area contributed by atoms with Crippen molar-refractivity contribution in [3.63, 3.8) is 0 Å². The van der Waals surface area contributed by atoms with Gasteiger partial charge in [-0.05, 0) is 25.8 Å². The number of aryl methyl sites for hydroxylation is 2. The highest BCUT2D eigenvalue weighted by atomic mass is 32.2. The van der Waals surface area contributed by atoms with Crippen LogP contribution in [0.2, 0.25) is 0 Å². The third kappa shape index (κ3) is 4.01. The SMILES string of the molecule is Cc1nn(CCC#N)c(C)c1CCC(=O)N1CCSCC1. The lowest BCUT2D eigenvalue weighted by Gasteiger charge is -2.26. The number of nitriles is 1. The van der Waals surface area contributed by atoms with Crippen molar-refractivity contribution >= 4 is 17.7 Å². The fourth-order valence-electron chi connectivity index (χ4n) is 2.67. The van der Waals surface area contributed by atoms with Crippen molar-refractivity contribution in [1.29, 1.82) is 5.26 Å². The number of nitrogens with zero attached hydrogens (tertiary/aromatic N) is 4. The van der Waals surface area contributed by atoms with Crippen LogP contribution in [-0.4, -0.2) is 45.2 Å². The molecule has 0 saturated carbocycles. The molecule has 1 aromatic rings. The lowest BCUT2D eigenvalue weighted by atomic mass is 10.1. The number of amides is 1. The van der Waals surface area contributed by atoms with E-state index < -0.39 is 0 Å². The van der Waals surface area contributed by atoms with Crippen LogP contribution in [0, 0.1) is 25.2 Å². The second kappa shape index (κ2) is 7.51. The van der Waals surface area contributed by atoms with Gasteiger partial charge in [0.15, 0.2) is 0 Å². The maximum Gasteiger partial charge on any atom is 0.222 e.